The van der Waals surface area contributed by atoms with Gasteiger partial charge in [0.05, 0.1) is 16.1 Å². The molecule has 0 unspecified atom stereocenters. The Morgan fingerprint density at radius 1 is 1.04 bits per heavy atom. The first kappa shape index (κ1) is 14.2. The fraction of sp³-hybridized carbons (Fsp3) is 0.111. The minimum absolute atomic E-state index is 0.177. The van der Waals surface area contributed by atoms with Gasteiger partial charge < -0.3 is 0 Å². The number of hydrogen-bond acceptors (Lipinski definition) is 4. The number of benzene rings is 2. The molecule has 1 aliphatic heterocycles. The molecule has 1 N–H and O–H groups in total. The van der Waals surface area contributed by atoms with Gasteiger partial charge in [-0.15, -0.1) is 11.8 Å². The first-order valence-corrected chi connectivity index (χ1v) is 8.40. The molecule has 114 valence electrons. The molecule has 5 heteroatoms. The predicted octanol–water partition coefficient (Wildman–Crippen LogP) is 4.69. The van der Waals surface area contributed by atoms with Crippen LogP contribution in [0.15, 0.2) is 64.6 Å². The number of rotatable bonds is 2. The molecule has 1 aliphatic rings. The van der Waals surface area contributed by atoms with Gasteiger partial charge in [0.15, 0.2) is 0 Å². The molecule has 23 heavy (non-hydrogen) atoms. The summed E-state index contributed by atoms with van der Waals surface area (Å²) in [5, 5.41) is 5.56. The second-order valence-electron chi connectivity index (χ2n) is 5.27. The molecule has 0 amide bonds. The van der Waals surface area contributed by atoms with E-state index in [1.165, 1.54) is 6.07 Å². The smallest absolute Gasteiger partial charge is 0.146 e. The van der Waals surface area contributed by atoms with Gasteiger partial charge in [0.25, 0.3) is 0 Å². The molecule has 0 spiro atoms. The van der Waals surface area contributed by atoms with Crippen molar-refractivity contribution < 1.29 is 4.39 Å². The van der Waals surface area contributed by atoms with Gasteiger partial charge in [-0.2, -0.15) is 5.10 Å². The van der Waals surface area contributed by atoms with Gasteiger partial charge in [0.2, 0.25) is 0 Å². The fourth-order valence-corrected chi connectivity index (χ4v) is 3.68. The van der Waals surface area contributed by atoms with Crippen molar-refractivity contribution in [1.82, 2.24) is 4.98 Å². The van der Waals surface area contributed by atoms with Gasteiger partial charge in [0, 0.05) is 23.1 Å². The topological polar surface area (TPSA) is 37.3 Å². The Hall–Kier alpha value is -2.40. The molecule has 0 saturated heterocycles. The van der Waals surface area contributed by atoms with Gasteiger partial charge in [-0.1, -0.05) is 30.3 Å². The number of nitrogens with zero attached hydrogens (tertiary/aromatic N) is 2. The number of para-hydroxylation sites is 1. The molecule has 0 bridgehead atoms. The Labute approximate surface area is 137 Å². The van der Waals surface area contributed by atoms with E-state index in [2.05, 4.69) is 15.5 Å². The quantitative estimate of drug-likeness (QED) is 0.695. The highest BCUT2D eigenvalue weighted by Crippen LogP contribution is 2.32. The number of fused-ring (bicyclic) bond motifs is 2. The highest BCUT2D eigenvalue weighted by atomic mass is 32.2. The summed E-state index contributed by atoms with van der Waals surface area (Å²) < 4.78 is 13.9. The van der Waals surface area contributed by atoms with Crippen molar-refractivity contribution in [2.45, 2.75) is 11.3 Å². The van der Waals surface area contributed by atoms with Crippen LogP contribution in [0.25, 0.3) is 10.9 Å². The van der Waals surface area contributed by atoms with Crippen molar-refractivity contribution in [3.8, 4) is 0 Å². The van der Waals surface area contributed by atoms with Crippen LogP contribution in [0.3, 0.4) is 0 Å². The Morgan fingerprint density at radius 2 is 1.96 bits per heavy atom. The zero-order valence-electron chi connectivity index (χ0n) is 12.3. The number of hydrazone groups is 1. The zero-order valence-corrected chi connectivity index (χ0v) is 13.1. The molecule has 0 aliphatic carbocycles. The average molecular weight is 323 g/mol. The maximum Gasteiger partial charge on any atom is 0.146 e. The lowest BCUT2D eigenvalue weighted by Gasteiger charge is -2.17. The summed E-state index contributed by atoms with van der Waals surface area (Å²) in [5.74, 6) is 1.34. The number of nitrogens with one attached hydrogen (secondary N) is 1. The third kappa shape index (κ3) is 2.80. The number of halogens is 1. The normalized spacial score (nSPS) is 15.6. The highest BCUT2D eigenvalue weighted by molar-refractivity contribution is 7.99. The summed E-state index contributed by atoms with van der Waals surface area (Å²) in [6.07, 6.45) is 0.807. The molecule has 0 fully saturated rings. The lowest BCUT2D eigenvalue weighted by atomic mass is 10.1. The first-order chi connectivity index (χ1) is 11.3. The van der Waals surface area contributed by atoms with Gasteiger partial charge in [-0.25, -0.2) is 9.37 Å². The van der Waals surface area contributed by atoms with Gasteiger partial charge in [-0.05, 0) is 24.3 Å². The van der Waals surface area contributed by atoms with Crippen LogP contribution in [0.4, 0.5) is 10.2 Å². The zero-order chi connectivity index (χ0) is 15.6. The van der Waals surface area contributed by atoms with Crippen LogP contribution in [-0.4, -0.2) is 16.4 Å². The molecular formula is C18H14FN3S. The first-order valence-electron chi connectivity index (χ1n) is 7.41. The summed E-state index contributed by atoms with van der Waals surface area (Å²) >= 11 is 1.54. The molecule has 0 atom stereocenters. The number of hydrogen-bond donors (Lipinski definition) is 1. The van der Waals surface area contributed by atoms with Crippen LogP contribution < -0.4 is 5.43 Å². The molecule has 0 radical (unpaired) electrons. The van der Waals surface area contributed by atoms with Crippen LogP contribution in [0.2, 0.25) is 0 Å². The van der Waals surface area contributed by atoms with Crippen LogP contribution in [0.5, 0.6) is 0 Å². The summed E-state index contributed by atoms with van der Waals surface area (Å²) in [6.45, 7) is 0. The Balaban J connectivity index is 1.65. The van der Waals surface area contributed by atoms with Gasteiger partial charge in [0.1, 0.15) is 11.6 Å². The summed E-state index contributed by atoms with van der Waals surface area (Å²) in [4.78, 5) is 5.22. The van der Waals surface area contributed by atoms with Crippen LogP contribution in [0, 0.1) is 5.82 Å². The third-order valence-electron chi connectivity index (χ3n) is 3.77. The van der Waals surface area contributed by atoms with Crippen LogP contribution in [-0.2, 0) is 0 Å². The fourth-order valence-electron chi connectivity index (χ4n) is 2.64. The van der Waals surface area contributed by atoms with E-state index < -0.39 is 0 Å². The number of thioether (sulfide) groups is 1. The third-order valence-corrected chi connectivity index (χ3v) is 4.88. The highest BCUT2D eigenvalue weighted by Gasteiger charge is 2.19. The van der Waals surface area contributed by atoms with Crippen molar-refractivity contribution >= 4 is 34.2 Å². The van der Waals surface area contributed by atoms with Crippen molar-refractivity contribution in [3.05, 3.63) is 66.0 Å². The number of aromatic nitrogens is 1. The van der Waals surface area contributed by atoms with Gasteiger partial charge >= 0.3 is 0 Å². The Morgan fingerprint density at radius 3 is 2.91 bits per heavy atom. The molecule has 3 nitrogen and oxygen atoms in total. The lowest BCUT2D eigenvalue weighted by Crippen LogP contribution is -2.13. The molecule has 2 heterocycles. The molecular weight excluding hydrogens is 309 g/mol. The summed E-state index contributed by atoms with van der Waals surface area (Å²) in [6, 6.07) is 17.0. The average Bonchev–Trinajstić information content (AvgIpc) is 2.60. The van der Waals surface area contributed by atoms with Crippen molar-refractivity contribution in [1.29, 1.82) is 0 Å². The van der Waals surface area contributed by atoms with Crippen LogP contribution in [0.1, 0.15) is 12.0 Å². The van der Waals surface area contributed by atoms with Crippen molar-refractivity contribution in [3.63, 3.8) is 0 Å². The minimum atomic E-state index is -0.177. The largest absolute Gasteiger partial charge is 0.261 e. The Kier molecular flexibility index (Phi) is 3.71. The van der Waals surface area contributed by atoms with E-state index in [9.17, 15) is 4.39 Å². The molecule has 1 aromatic heterocycles. The summed E-state index contributed by atoms with van der Waals surface area (Å²) in [5.41, 5.74) is 5.67. The standard InChI is InChI=1S/C18H14FN3S/c19-14-6-3-5-13-16(10-11-23-18(13)14)21-22-17-9-8-12-4-1-2-7-15(12)20-17/h1-9H,10-11H2,(H,20,22)/b21-16-. The lowest BCUT2D eigenvalue weighted by molar-refractivity contribution is 0.600. The second kappa shape index (κ2) is 6.01. The predicted molar refractivity (Wildman–Crippen MR) is 93.6 cm³/mol. The van der Waals surface area contributed by atoms with E-state index in [0.717, 1.165) is 34.4 Å². The van der Waals surface area contributed by atoms with E-state index in [1.54, 1.807) is 17.8 Å². The van der Waals surface area contributed by atoms with Crippen LogP contribution >= 0.6 is 11.8 Å². The van der Waals surface area contributed by atoms with E-state index in [4.69, 9.17) is 0 Å². The van der Waals surface area contributed by atoms with Crippen molar-refractivity contribution in [2.24, 2.45) is 5.10 Å². The molecule has 2 aromatic carbocycles. The van der Waals surface area contributed by atoms with E-state index in [0.29, 0.717) is 10.7 Å². The number of anilines is 1. The molecule has 3 aromatic rings. The number of pyridine rings is 1. The monoisotopic (exact) mass is 323 g/mol. The molecule has 0 saturated carbocycles. The minimum Gasteiger partial charge on any atom is -0.261 e. The van der Waals surface area contributed by atoms with E-state index in [1.807, 2.05) is 42.5 Å². The van der Waals surface area contributed by atoms with E-state index in [-0.39, 0.29) is 5.82 Å². The molecule has 4 rings (SSSR count). The summed E-state index contributed by atoms with van der Waals surface area (Å²) in [7, 11) is 0. The maximum atomic E-state index is 13.9. The second-order valence-corrected chi connectivity index (χ2v) is 6.38. The Bertz CT molecular complexity index is 908. The maximum absolute atomic E-state index is 13.9. The van der Waals surface area contributed by atoms with Gasteiger partial charge in [-0.3, -0.25) is 5.43 Å². The van der Waals surface area contributed by atoms with E-state index >= 15 is 0 Å². The SMILES string of the molecule is Fc1cccc2c1SCC/C2=N/Nc1ccc2ccccc2n1. The van der Waals surface area contributed by atoms with Crippen molar-refractivity contribution in [2.75, 3.05) is 11.2 Å².